The molecule has 3 amide bonds. The normalized spacial score (nSPS) is 15.6. The number of hydrogen-bond donors (Lipinski definition) is 1. The van der Waals surface area contributed by atoms with Crippen molar-refractivity contribution >= 4 is 23.7 Å². The van der Waals surface area contributed by atoms with Crippen LogP contribution in [0.5, 0.6) is 0 Å². The van der Waals surface area contributed by atoms with Gasteiger partial charge in [0.15, 0.2) is 6.61 Å². The minimum atomic E-state index is -1.10. The quantitative estimate of drug-likeness (QED) is 0.597. The minimum absolute atomic E-state index is 0.00939. The molecular formula is C18H22N2O5. The van der Waals surface area contributed by atoms with Crippen LogP contribution in [0.2, 0.25) is 0 Å². The Bertz CT molecular complexity index is 665. The summed E-state index contributed by atoms with van der Waals surface area (Å²) in [5.41, 5.74) is 0.525. The maximum absolute atomic E-state index is 12.3. The molecule has 25 heavy (non-hydrogen) atoms. The molecule has 1 heterocycles. The number of hydrogen-bond acceptors (Lipinski definition) is 5. The van der Waals surface area contributed by atoms with Crippen LogP contribution < -0.4 is 5.32 Å². The van der Waals surface area contributed by atoms with Crippen molar-refractivity contribution in [2.24, 2.45) is 0 Å². The first kappa shape index (κ1) is 18.6. The second-order valence-corrected chi connectivity index (χ2v) is 6.07. The molecule has 134 valence electrons. The van der Waals surface area contributed by atoms with E-state index >= 15 is 0 Å². The maximum Gasteiger partial charge on any atom is 0.329 e. The second-order valence-electron chi connectivity index (χ2n) is 6.07. The predicted molar refractivity (Wildman–Crippen MR) is 89.9 cm³/mol. The zero-order valence-electron chi connectivity index (χ0n) is 14.6. The average Bonchev–Trinajstić information content (AvgIpc) is 2.84. The van der Waals surface area contributed by atoms with Crippen molar-refractivity contribution in [2.75, 3.05) is 6.61 Å². The molecule has 2 atom stereocenters. The van der Waals surface area contributed by atoms with Crippen LogP contribution >= 0.6 is 0 Å². The van der Waals surface area contributed by atoms with E-state index in [0.717, 1.165) is 17.7 Å². The lowest BCUT2D eigenvalue weighted by molar-refractivity contribution is -0.152. The fraction of sp³-hybridized carbons (Fsp3) is 0.444. The van der Waals surface area contributed by atoms with Gasteiger partial charge in [-0.05, 0) is 32.4 Å². The molecule has 7 heteroatoms. The first-order chi connectivity index (χ1) is 11.9. The van der Waals surface area contributed by atoms with Crippen LogP contribution in [0.15, 0.2) is 24.3 Å². The van der Waals surface area contributed by atoms with E-state index in [1.807, 2.05) is 13.8 Å². The van der Waals surface area contributed by atoms with E-state index in [1.165, 1.54) is 19.1 Å². The molecular weight excluding hydrogens is 324 g/mol. The number of fused-ring (bicyclic) bond motifs is 1. The summed E-state index contributed by atoms with van der Waals surface area (Å²) in [4.78, 5) is 49.4. The zero-order valence-corrected chi connectivity index (χ0v) is 14.6. The van der Waals surface area contributed by atoms with Gasteiger partial charge in [-0.25, -0.2) is 4.79 Å². The van der Waals surface area contributed by atoms with Crippen molar-refractivity contribution in [2.45, 2.75) is 45.7 Å². The molecule has 0 fully saturated rings. The molecule has 0 spiro atoms. The monoisotopic (exact) mass is 346 g/mol. The van der Waals surface area contributed by atoms with Crippen LogP contribution in [0.3, 0.4) is 0 Å². The smallest absolute Gasteiger partial charge is 0.329 e. The molecule has 0 saturated heterocycles. The van der Waals surface area contributed by atoms with Crippen LogP contribution in [0.4, 0.5) is 0 Å². The Morgan fingerprint density at radius 2 is 1.68 bits per heavy atom. The number of nitrogens with zero attached hydrogens (tertiary/aromatic N) is 1. The van der Waals surface area contributed by atoms with Crippen molar-refractivity contribution in [3.8, 4) is 0 Å². The highest BCUT2D eigenvalue weighted by Crippen LogP contribution is 2.24. The molecule has 0 unspecified atom stereocenters. The Kier molecular flexibility index (Phi) is 5.90. The largest absolute Gasteiger partial charge is 0.454 e. The van der Waals surface area contributed by atoms with Gasteiger partial charge >= 0.3 is 5.97 Å². The van der Waals surface area contributed by atoms with Crippen LogP contribution in [0.1, 0.15) is 54.3 Å². The summed E-state index contributed by atoms with van der Waals surface area (Å²) in [5.74, 6) is -2.28. The fourth-order valence-corrected chi connectivity index (χ4v) is 2.74. The number of amides is 3. The lowest BCUT2D eigenvalue weighted by Gasteiger charge is -2.21. The van der Waals surface area contributed by atoms with E-state index in [2.05, 4.69) is 5.32 Å². The summed E-state index contributed by atoms with van der Waals surface area (Å²) in [6.07, 6.45) is 1.75. The molecule has 1 N–H and O–H groups in total. The lowest BCUT2D eigenvalue weighted by Crippen LogP contribution is -2.45. The first-order valence-corrected chi connectivity index (χ1v) is 8.29. The number of esters is 1. The van der Waals surface area contributed by atoms with Crippen molar-refractivity contribution in [1.29, 1.82) is 0 Å². The van der Waals surface area contributed by atoms with E-state index in [4.69, 9.17) is 4.74 Å². The molecule has 2 rings (SSSR count). The maximum atomic E-state index is 12.3. The van der Waals surface area contributed by atoms with Crippen LogP contribution in [0.25, 0.3) is 0 Å². The van der Waals surface area contributed by atoms with E-state index in [-0.39, 0.29) is 17.2 Å². The third kappa shape index (κ3) is 4.04. The topological polar surface area (TPSA) is 92.8 Å². The number of ether oxygens (including phenoxy) is 1. The van der Waals surface area contributed by atoms with Gasteiger partial charge in [-0.1, -0.05) is 25.5 Å². The van der Waals surface area contributed by atoms with E-state index in [0.29, 0.717) is 0 Å². The molecule has 0 saturated carbocycles. The Hall–Kier alpha value is -2.70. The van der Waals surface area contributed by atoms with Gasteiger partial charge in [-0.2, -0.15) is 0 Å². The number of carbonyl (C=O) groups is 4. The Morgan fingerprint density at radius 3 is 2.20 bits per heavy atom. The van der Waals surface area contributed by atoms with Crippen molar-refractivity contribution in [1.82, 2.24) is 10.2 Å². The van der Waals surface area contributed by atoms with Gasteiger partial charge in [0.2, 0.25) is 0 Å². The van der Waals surface area contributed by atoms with Crippen molar-refractivity contribution in [3.63, 3.8) is 0 Å². The lowest BCUT2D eigenvalue weighted by atomic mass is 10.1. The fourth-order valence-electron chi connectivity index (χ4n) is 2.74. The van der Waals surface area contributed by atoms with E-state index in [1.54, 1.807) is 12.1 Å². The number of carbonyl (C=O) groups excluding carboxylic acids is 4. The van der Waals surface area contributed by atoms with Gasteiger partial charge in [-0.3, -0.25) is 19.3 Å². The highest BCUT2D eigenvalue weighted by molar-refractivity contribution is 6.22. The van der Waals surface area contributed by atoms with Crippen LogP contribution in [-0.4, -0.2) is 47.3 Å². The highest BCUT2D eigenvalue weighted by Gasteiger charge is 2.41. The molecule has 1 aromatic carbocycles. The molecule has 0 bridgehead atoms. The standard InChI is InChI=1S/C18H22N2O5/c1-4-7-11(2)19-15(21)10-25-18(24)12(3)20-16(22)13-8-5-6-9-14(13)17(20)23/h5-6,8-9,11-12H,4,7,10H2,1-3H3,(H,19,21)/t11-,12+/m0/s1. The van der Waals surface area contributed by atoms with Gasteiger partial charge < -0.3 is 10.1 Å². The summed E-state index contributed by atoms with van der Waals surface area (Å²) in [7, 11) is 0. The number of benzene rings is 1. The van der Waals surface area contributed by atoms with Gasteiger partial charge in [-0.15, -0.1) is 0 Å². The summed E-state index contributed by atoms with van der Waals surface area (Å²) in [6.45, 7) is 4.83. The summed E-state index contributed by atoms with van der Waals surface area (Å²) in [6, 6.07) is 5.27. The van der Waals surface area contributed by atoms with Crippen molar-refractivity contribution in [3.05, 3.63) is 35.4 Å². The van der Waals surface area contributed by atoms with Gasteiger partial charge in [0.1, 0.15) is 6.04 Å². The average molecular weight is 346 g/mol. The number of rotatable bonds is 7. The summed E-state index contributed by atoms with van der Waals surface area (Å²) in [5, 5.41) is 2.71. The van der Waals surface area contributed by atoms with Gasteiger partial charge in [0.25, 0.3) is 17.7 Å². The number of imide groups is 1. The third-order valence-electron chi connectivity index (χ3n) is 4.03. The molecule has 7 nitrogen and oxygen atoms in total. The Morgan fingerprint density at radius 1 is 1.12 bits per heavy atom. The van der Waals surface area contributed by atoms with Gasteiger partial charge in [0, 0.05) is 6.04 Å². The summed E-state index contributed by atoms with van der Waals surface area (Å²) >= 11 is 0. The molecule has 0 aromatic heterocycles. The molecule has 1 aliphatic rings. The first-order valence-electron chi connectivity index (χ1n) is 8.29. The van der Waals surface area contributed by atoms with Crippen LogP contribution in [0, 0.1) is 0 Å². The Labute approximate surface area is 146 Å². The second kappa shape index (κ2) is 7.92. The molecule has 0 aliphatic carbocycles. The summed E-state index contributed by atoms with van der Waals surface area (Å²) < 4.78 is 4.96. The SMILES string of the molecule is CCC[C@H](C)NC(=O)COC(=O)[C@@H](C)N1C(=O)c2ccccc2C1=O. The molecule has 0 radical (unpaired) electrons. The highest BCUT2D eigenvalue weighted by atomic mass is 16.5. The van der Waals surface area contributed by atoms with E-state index < -0.39 is 36.3 Å². The zero-order chi connectivity index (χ0) is 18.6. The molecule has 1 aromatic rings. The van der Waals surface area contributed by atoms with E-state index in [9.17, 15) is 19.2 Å². The van der Waals surface area contributed by atoms with Crippen molar-refractivity contribution < 1.29 is 23.9 Å². The van der Waals surface area contributed by atoms with Gasteiger partial charge in [0.05, 0.1) is 11.1 Å². The predicted octanol–water partition coefficient (Wildman–Crippen LogP) is 1.52. The third-order valence-corrected chi connectivity index (χ3v) is 4.03. The van der Waals surface area contributed by atoms with Crippen LogP contribution in [-0.2, 0) is 14.3 Å². The molecule has 1 aliphatic heterocycles. The Balaban J connectivity index is 1.94. The minimum Gasteiger partial charge on any atom is -0.454 e. The number of nitrogens with one attached hydrogen (secondary N) is 1.